The fraction of sp³-hybridized carbons (Fsp3) is 0.600. The van der Waals surface area contributed by atoms with Crippen molar-refractivity contribution in [3.63, 3.8) is 0 Å². The first-order chi connectivity index (χ1) is 7.20. The molecular formula is C10H14N4O. The number of nitrogens with zero attached hydrogens (tertiary/aromatic N) is 2. The Labute approximate surface area is 88.7 Å². The monoisotopic (exact) mass is 206 g/mol. The van der Waals surface area contributed by atoms with Crippen LogP contribution >= 0.6 is 0 Å². The molecular weight excluding hydrogens is 192 g/mol. The Morgan fingerprint density at radius 3 is 2.87 bits per heavy atom. The van der Waals surface area contributed by atoms with E-state index in [-0.39, 0.29) is 12.6 Å². The van der Waals surface area contributed by atoms with Gasteiger partial charge in [0, 0.05) is 0 Å². The van der Waals surface area contributed by atoms with Gasteiger partial charge in [-0.1, -0.05) is 5.92 Å². The number of terminal acetylenes is 1. The van der Waals surface area contributed by atoms with Crippen LogP contribution in [0.3, 0.4) is 0 Å². The van der Waals surface area contributed by atoms with E-state index < -0.39 is 5.54 Å². The lowest BCUT2D eigenvalue weighted by atomic mass is 9.86. The van der Waals surface area contributed by atoms with Crippen molar-refractivity contribution < 1.29 is 4.79 Å². The largest absolute Gasteiger partial charge is 0.385 e. The molecule has 2 heterocycles. The Kier molecular flexibility index (Phi) is 2.37. The Morgan fingerprint density at radius 2 is 2.27 bits per heavy atom. The molecule has 0 aliphatic carbocycles. The highest BCUT2D eigenvalue weighted by molar-refractivity contribution is 6.06. The van der Waals surface area contributed by atoms with Crippen molar-refractivity contribution >= 4 is 11.9 Å². The van der Waals surface area contributed by atoms with E-state index in [0.717, 1.165) is 25.9 Å². The van der Waals surface area contributed by atoms with Gasteiger partial charge in [0.1, 0.15) is 11.4 Å². The fourth-order valence-corrected chi connectivity index (χ4v) is 2.27. The molecule has 5 heteroatoms. The number of hydrogen-bond donors (Lipinski definition) is 2. The normalized spacial score (nSPS) is 24.1. The topological polar surface area (TPSA) is 70.7 Å². The molecule has 0 bridgehead atoms. The first-order valence-electron chi connectivity index (χ1n) is 5.01. The summed E-state index contributed by atoms with van der Waals surface area (Å²) in [6.45, 7) is 1.96. The maximum Gasteiger partial charge on any atom is 0.346 e. The number of urea groups is 1. The Hall–Kier alpha value is -1.54. The molecule has 5 nitrogen and oxygen atoms in total. The standard InChI is InChI=1S/C10H14N4O/c1-2-7-14-9(15)13-8(11)10(14)3-5-12-6-4-10/h1,12H,3-7H2,(H2,11,13,15). The van der Waals surface area contributed by atoms with Crippen LogP contribution in [0.5, 0.6) is 0 Å². The summed E-state index contributed by atoms with van der Waals surface area (Å²) >= 11 is 0. The van der Waals surface area contributed by atoms with Crippen molar-refractivity contribution in [2.24, 2.45) is 10.7 Å². The van der Waals surface area contributed by atoms with Crippen LogP contribution in [-0.4, -0.2) is 41.9 Å². The quantitative estimate of drug-likeness (QED) is 0.570. The zero-order chi connectivity index (χ0) is 10.9. The van der Waals surface area contributed by atoms with Crippen molar-refractivity contribution in [2.75, 3.05) is 19.6 Å². The van der Waals surface area contributed by atoms with Crippen LogP contribution in [-0.2, 0) is 0 Å². The summed E-state index contributed by atoms with van der Waals surface area (Å²) < 4.78 is 0. The van der Waals surface area contributed by atoms with Crippen LogP contribution in [0, 0.1) is 12.3 Å². The summed E-state index contributed by atoms with van der Waals surface area (Å²) in [6, 6.07) is -0.299. The van der Waals surface area contributed by atoms with Gasteiger partial charge in [-0.2, -0.15) is 4.99 Å². The van der Waals surface area contributed by atoms with Gasteiger partial charge in [0.25, 0.3) is 0 Å². The number of carbonyl (C=O) groups is 1. The predicted molar refractivity (Wildman–Crippen MR) is 57.4 cm³/mol. The molecule has 2 amide bonds. The van der Waals surface area contributed by atoms with Gasteiger partial charge in [0.15, 0.2) is 0 Å². The lowest BCUT2D eigenvalue weighted by Crippen LogP contribution is -2.59. The summed E-state index contributed by atoms with van der Waals surface area (Å²) in [5, 5.41) is 3.23. The van der Waals surface area contributed by atoms with Crippen molar-refractivity contribution in [1.29, 1.82) is 0 Å². The van der Waals surface area contributed by atoms with Gasteiger partial charge in [-0.25, -0.2) is 4.79 Å². The lowest BCUT2D eigenvalue weighted by Gasteiger charge is -2.40. The number of piperidine rings is 1. The molecule has 0 aromatic rings. The number of rotatable bonds is 1. The van der Waals surface area contributed by atoms with E-state index in [1.165, 1.54) is 0 Å². The Morgan fingerprint density at radius 1 is 1.60 bits per heavy atom. The predicted octanol–water partition coefficient (Wildman–Crippen LogP) is -0.465. The van der Waals surface area contributed by atoms with Gasteiger partial charge in [-0.15, -0.1) is 6.42 Å². The molecule has 80 valence electrons. The molecule has 2 rings (SSSR count). The fourth-order valence-electron chi connectivity index (χ4n) is 2.27. The van der Waals surface area contributed by atoms with Crippen LogP contribution in [0.25, 0.3) is 0 Å². The molecule has 2 aliphatic rings. The van der Waals surface area contributed by atoms with Crippen LogP contribution in [0.15, 0.2) is 4.99 Å². The molecule has 0 unspecified atom stereocenters. The van der Waals surface area contributed by atoms with Crippen LogP contribution < -0.4 is 11.1 Å². The molecule has 0 atom stereocenters. The average molecular weight is 206 g/mol. The molecule has 1 fully saturated rings. The molecule has 0 radical (unpaired) electrons. The number of carbonyl (C=O) groups excluding carboxylic acids is 1. The number of hydrogen-bond acceptors (Lipinski definition) is 3. The van der Waals surface area contributed by atoms with E-state index in [0.29, 0.717) is 5.84 Å². The van der Waals surface area contributed by atoms with Crippen LogP contribution in [0.2, 0.25) is 0 Å². The molecule has 0 aromatic carbocycles. The first-order valence-corrected chi connectivity index (χ1v) is 5.01. The summed E-state index contributed by atoms with van der Waals surface area (Å²) in [4.78, 5) is 17.0. The third kappa shape index (κ3) is 1.38. The molecule has 0 saturated carbocycles. The number of nitrogens with one attached hydrogen (secondary N) is 1. The number of nitrogens with two attached hydrogens (primary N) is 1. The molecule has 1 spiro atoms. The summed E-state index contributed by atoms with van der Waals surface area (Å²) in [5.74, 6) is 2.91. The number of amides is 2. The highest BCUT2D eigenvalue weighted by atomic mass is 16.2. The minimum atomic E-state index is -0.422. The van der Waals surface area contributed by atoms with E-state index in [2.05, 4.69) is 16.2 Å². The van der Waals surface area contributed by atoms with Crippen molar-refractivity contribution in [1.82, 2.24) is 10.2 Å². The minimum absolute atomic E-state index is 0.281. The maximum absolute atomic E-state index is 11.6. The Balaban J connectivity index is 2.30. The van der Waals surface area contributed by atoms with Crippen molar-refractivity contribution in [3.05, 3.63) is 0 Å². The third-order valence-electron chi connectivity index (χ3n) is 3.12. The molecule has 3 N–H and O–H groups in total. The summed E-state index contributed by atoms with van der Waals surface area (Å²) in [7, 11) is 0. The molecule has 0 aromatic heterocycles. The van der Waals surface area contributed by atoms with Gasteiger partial charge >= 0.3 is 6.03 Å². The van der Waals surface area contributed by atoms with Crippen molar-refractivity contribution in [2.45, 2.75) is 18.4 Å². The zero-order valence-corrected chi connectivity index (χ0v) is 8.49. The second kappa shape index (κ2) is 3.55. The SMILES string of the molecule is C#CCN1C(=O)N=C(N)C12CCNCC2. The van der Waals surface area contributed by atoms with Gasteiger partial charge in [-0.05, 0) is 25.9 Å². The highest BCUT2D eigenvalue weighted by Gasteiger charge is 2.48. The lowest BCUT2D eigenvalue weighted by molar-refractivity contribution is 0.159. The smallest absolute Gasteiger partial charge is 0.346 e. The highest BCUT2D eigenvalue weighted by Crippen LogP contribution is 2.31. The third-order valence-corrected chi connectivity index (χ3v) is 3.12. The van der Waals surface area contributed by atoms with E-state index in [1.54, 1.807) is 4.90 Å². The molecule has 15 heavy (non-hydrogen) atoms. The van der Waals surface area contributed by atoms with Crippen LogP contribution in [0.4, 0.5) is 4.79 Å². The molecule has 2 aliphatic heterocycles. The number of amidine groups is 1. The van der Waals surface area contributed by atoms with E-state index in [9.17, 15) is 4.79 Å². The van der Waals surface area contributed by atoms with Gasteiger partial charge in [0.2, 0.25) is 0 Å². The Bertz CT molecular complexity index is 349. The van der Waals surface area contributed by atoms with Gasteiger partial charge in [0.05, 0.1) is 6.54 Å². The van der Waals surface area contributed by atoms with E-state index >= 15 is 0 Å². The van der Waals surface area contributed by atoms with Crippen LogP contribution in [0.1, 0.15) is 12.8 Å². The maximum atomic E-state index is 11.6. The van der Waals surface area contributed by atoms with Crippen molar-refractivity contribution in [3.8, 4) is 12.3 Å². The minimum Gasteiger partial charge on any atom is -0.385 e. The summed E-state index contributed by atoms with van der Waals surface area (Å²) in [5.41, 5.74) is 5.42. The first kappa shape index (κ1) is 9.99. The van der Waals surface area contributed by atoms with Gasteiger partial charge in [-0.3, -0.25) is 4.90 Å². The average Bonchev–Trinajstić information content (AvgIpc) is 2.45. The second-order valence-electron chi connectivity index (χ2n) is 3.85. The van der Waals surface area contributed by atoms with Gasteiger partial charge < -0.3 is 11.1 Å². The second-order valence-corrected chi connectivity index (χ2v) is 3.85. The zero-order valence-electron chi connectivity index (χ0n) is 8.49. The number of aliphatic imine (C=N–C) groups is 1. The summed E-state index contributed by atoms with van der Waals surface area (Å²) in [6.07, 6.45) is 6.83. The van der Waals surface area contributed by atoms with E-state index in [1.807, 2.05) is 0 Å². The molecule has 1 saturated heterocycles. The van der Waals surface area contributed by atoms with E-state index in [4.69, 9.17) is 12.2 Å².